The van der Waals surface area contributed by atoms with Crippen LogP contribution in [-0.2, 0) is 6.54 Å². The number of Topliss-reactive ketones (excluding diaryl/α,β-unsaturated/α-hetero) is 1. The lowest BCUT2D eigenvalue weighted by Gasteiger charge is -2.02. The molecule has 0 N–H and O–H groups in total. The highest BCUT2D eigenvalue weighted by atomic mass is 127. The summed E-state index contributed by atoms with van der Waals surface area (Å²) in [6.45, 7) is 0.110. The molecule has 1 aromatic carbocycles. The summed E-state index contributed by atoms with van der Waals surface area (Å²) in [6, 6.07) is 7.74. The van der Waals surface area contributed by atoms with Crippen LogP contribution in [-0.4, -0.2) is 14.9 Å². The number of ketones is 1. The fourth-order valence-corrected chi connectivity index (χ4v) is 2.42. The first kappa shape index (κ1) is 12.7. The van der Waals surface area contributed by atoms with E-state index in [-0.39, 0.29) is 18.0 Å². The molecular weight excluding hydrogens is 355 g/mol. The van der Waals surface area contributed by atoms with Crippen LogP contribution in [0.15, 0.2) is 41.5 Å². The average molecular weight is 368 g/mol. The molecule has 3 rings (SSSR count). The summed E-state index contributed by atoms with van der Waals surface area (Å²) in [6.07, 6.45) is 5.61. The van der Waals surface area contributed by atoms with Gasteiger partial charge in [-0.25, -0.2) is 4.79 Å². The lowest BCUT2D eigenvalue weighted by molar-refractivity contribution is 0.0970. The molecule has 98 valence electrons. The Morgan fingerprint density at radius 1 is 1.21 bits per heavy atom. The number of halogens is 1. The van der Waals surface area contributed by atoms with Gasteiger partial charge in [0.2, 0.25) is 0 Å². The van der Waals surface area contributed by atoms with E-state index in [1.807, 2.05) is 12.1 Å². The van der Waals surface area contributed by atoms with Crippen molar-refractivity contribution < 1.29 is 4.79 Å². The van der Waals surface area contributed by atoms with E-state index in [0.717, 1.165) is 16.4 Å². The van der Waals surface area contributed by atoms with Crippen LogP contribution in [0.3, 0.4) is 0 Å². The van der Waals surface area contributed by atoms with Crippen molar-refractivity contribution in [3.63, 3.8) is 0 Å². The van der Waals surface area contributed by atoms with Gasteiger partial charge in [-0.05, 0) is 47.6 Å². The molecule has 1 aliphatic rings. The lowest BCUT2D eigenvalue weighted by atomic mass is 10.1. The molecule has 5 heteroatoms. The minimum atomic E-state index is -0.0821. The monoisotopic (exact) mass is 368 g/mol. The third-order valence-electron chi connectivity index (χ3n) is 3.29. The normalized spacial score (nSPS) is 14.6. The Morgan fingerprint density at radius 3 is 2.53 bits per heavy atom. The minimum Gasteiger partial charge on any atom is -0.296 e. The number of carbonyl (C=O) groups excluding carboxylic acids is 1. The topological polar surface area (TPSA) is 44.0 Å². The zero-order valence-electron chi connectivity index (χ0n) is 10.3. The summed E-state index contributed by atoms with van der Waals surface area (Å²) in [5.41, 5.74) is 0.563. The van der Waals surface area contributed by atoms with Crippen molar-refractivity contribution in [2.45, 2.75) is 25.4 Å². The Morgan fingerprint density at radius 2 is 1.89 bits per heavy atom. The van der Waals surface area contributed by atoms with E-state index in [0.29, 0.717) is 11.6 Å². The second-order valence-corrected chi connectivity index (χ2v) is 6.02. The van der Waals surface area contributed by atoms with Crippen molar-refractivity contribution in [2.24, 2.45) is 0 Å². The molecule has 0 radical (unpaired) electrons. The second-order valence-electron chi connectivity index (χ2n) is 4.78. The van der Waals surface area contributed by atoms with Gasteiger partial charge < -0.3 is 0 Å². The fourth-order valence-electron chi connectivity index (χ4n) is 2.06. The highest BCUT2D eigenvalue weighted by molar-refractivity contribution is 14.1. The van der Waals surface area contributed by atoms with Gasteiger partial charge >= 0.3 is 5.69 Å². The zero-order chi connectivity index (χ0) is 13.4. The standard InChI is InChI=1S/C14H13IN2O2/c15-11-3-1-10(2-4-11)13(18)9-16-7-8-17(14(16)19)12-5-6-12/h1-4,7-8,12H,5-6,9H2. The Kier molecular flexibility index (Phi) is 3.30. The predicted molar refractivity (Wildman–Crippen MR) is 80.5 cm³/mol. The van der Waals surface area contributed by atoms with E-state index in [1.54, 1.807) is 29.1 Å². The molecular formula is C14H13IN2O2. The molecule has 19 heavy (non-hydrogen) atoms. The first-order valence-corrected chi connectivity index (χ1v) is 7.29. The van der Waals surface area contributed by atoms with E-state index >= 15 is 0 Å². The number of carbonyl (C=O) groups is 1. The molecule has 0 amide bonds. The van der Waals surface area contributed by atoms with Crippen molar-refractivity contribution >= 4 is 28.4 Å². The van der Waals surface area contributed by atoms with Crippen LogP contribution in [0.1, 0.15) is 29.2 Å². The van der Waals surface area contributed by atoms with E-state index < -0.39 is 0 Å². The van der Waals surface area contributed by atoms with Crippen molar-refractivity contribution in [1.82, 2.24) is 9.13 Å². The summed E-state index contributed by atoms with van der Waals surface area (Å²) in [4.78, 5) is 24.1. The maximum absolute atomic E-state index is 12.1. The van der Waals surface area contributed by atoms with Crippen molar-refractivity contribution in [3.8, 4) is 0 Å². The Labute approximate surface area is 124 Å². The van der Waals surface area contributed by atoms with Crippen molar-refractivity contribution in [3.05, 3.63) is 56.3 Å². The maximum atomic E-state index is 12.1. The van der Waals surface area contributed by atoms with Crippen LogP contribution in [0, 0.1) is 3.57 Å². The van der Waals surface area contributed by atoms with Gasteiger partial charge in [0.15, 0.2) is 5.78 Å². The summed E-state index contributed by atoms with van der Waals surface area (Å²) in [5, 5.41) is 0. The molecule has 1 aliphatic carbocycles. The largest absolute Gasteiger partial charge is 0.328 e. The van der Waals surface area contributed by atoms with E-state index in [9.17, 15) is 9.59 Å². The molecule has 1 aromatic heterocycles. The number of rotatable bonds is 4. The molecule has 4 nitrogen and oxygen atoms in total. The molecule has 1 heterocycles. The highest BCUT2D eigenvalue weighted by Gasteiger charge is 2.25. The number of imidazole rings is 1. The molecule has 0 aliphatic heterocycles. The molecule has 2 aromatic rings. The van der Waals surface area contributed by atoms with E-state index in [4.69, 9.17) is 0 Å². The smallest absolute Gasteiger partial charge is 0.296 e. The quantitative estimate of drug-likeness (QED) is 0.615. The Balaban J connectivity index is 1.79. The molecule has 1 fully saturated rings. The van der Waals surface area contributed by atoms with Crippen molar-refractivity contribution in [2.75, 3.05) is 0 Å². The molecule has 0 bridgehead atoms. The van der Waals surface area contributed by atoms with Gasteiger partial charge in [-0.15, -0.1) is 0 Å². The molecule has 1 saturated carbocycles. The van der Waals surface area contributed by atoms with Gasteiger partial charge in [0.05, 0.1) is 6.54 Å². The molecule has 0 unspecified atom stereocenters. The number of aromatic nitrogens is 2. The zero-order valence-corrected chi connectivity index (χ0v) is 12.4. The van der Waals surface area contributed by atoms with Gasteiger partial charge in [-0.3, -0.25) is 13.9 Å². The Bertz CT molecular complexity index is 665. The summed E-state index contributed by atoms with van der Waals surface area (Å²) < 4.78 is 4.30. The van der Waals surface area contributed by atoms with Crippen LogP contribution in [0.5, 0.6) is 0 Å². The summed E-state index contributed by atoms with van der Waals surface area (Å²) in [7, 11) is 0. The third kappa shape index (κ3) is 2.65. The second kappa shape index (κ2) is 4.96. The predicted octanol–water partition coefficient (Wildman–Crippen LogP) is 2.47. The lowest BCUT2D eigenvalue weighted by Crippen LogP contribution is -2.26. The van der Waals surface area contributed by atoms with Gasteiger partial charge in [-0.2, -0.15) is 0 Å². The number of nitrogens with zero attached hydrogens (tertiary/aromatic N) is 2. The molecule has 0 atom stereocenters. The minimum absolute atomic E-state index is 0.0351. The van der Waals surface area contributed by atoms with Crippen LogP contribution in [0.2, 0.25) is 0 Å². The van der Waals surface area contributed by atoms with Crippen LogP contribution < -0.4 is 5.69 Å². The number of hydrogen-bond donors (Lipinski definition) is 0. The van der Waals surface area contributed by atoms with Gasteiger partial charge in [-0.1, -0.05) is 12.1 Å². The summed E-state index contributed by atoms with van der Waals surface area (Å²) in [5.74, 6) is -0.0351. The van der Waals surface area contributed by atoms with E-state index in [1.165, 1.54) is 4.57 Å². The van der Waals surface area contributed by atoms with Crippen LogP contribution in [0.25, 0.3) is 0 Å². The third-order valence-corrected chi connectivity index (χ3v) is 4.01. The first-order valence-electron chi connectivity index (χ1n) is 6.21. The fraction of sp³-hybridized carbons (Fsp3) is 0.286. The molecule has 0 saturated heterocycles. The number of benzene rings is 1. The van der Waals surface area contributed by atoms with Crippen molar-refractivity contribution in [1.29, 1.82) is 0 Å². The van der Waals surface area contributed by atoms with Gasteiger partial charge in [0.1, 0.15) is 0 Å². The van der Waals surface area contributed by atoms with Gasteiger partial charge in [0, 0.05) is 27.6 Å². The maximum Gasteiger partial charge on any atom is 0.328 e. The van der Waals surface area contributed by atoms with Crippen LogP contribution >= 0.6 is 22.6 Å². The van der Waals surface area contributed by atoms with E-state index in [2.05, 4.69) is 22.6 Å². The first-order chi connectivity index (χ1) is 9.15. The van der Waals surface area contributed by atoms with Gasteiger partial charge in [0.25, 0.3) is 0 Å². The highest BCUT2D eigenvalue weighted by Crippen LogP contribution is 2.33. The Hall–Kier alpha value is -1.37. The average Bonchev–Trinajstić information content (AvgIpc) is 3.17. The number of hydrogen-bond acceptors (Lipinski definition) is 2. The molecule has 0 spiro atoms. The summed E-state index contributed by atoms with van der Waals surface area (Å²) >= 11 is 2.20. The van der Waals surface area contributed by atoms with Crippen LogP contribution in [0.4, 0.5) is 0 Å². The SMILES string of the molecule is O=C(Cn1ccn(C2CC2)c1=O)c1ccc(I)cc1.